The van der Waals surface area contributed by atoms with Crippen LogP contribution in [0.1, 0.15) is 0 Å². The molecule has 0 aromatic rings. The molecule has 1 atom stereocenters. The summed E-state index contributed by atoms with van der Waals surface area (Å²) in [5.74, 6) is 4.10. The fraction of sp³-hybridized carbons (Fsp3) is 0.571. The Bertz CT molecular complexity index is 183. The third-order valence-electron chi connectivity index (χ3n) is 1.45. The molecule has 0 saturated carbocycles. The Kier molecular flexibility index (Phi) is 2.58. The Morgan fingerprint density at radius 1 is 1.90 bits per heavy atom. The number of thioether (sulfide) groups is 1. The molecule has 1 fully saturated rings. The SMILES string of the molecule is C#CC1CSC(=S)N(C)C1. The number of thiocarbonyl (C=S) groups is 1. The van der Waals surface area contributed by atoms with Crippen LogP contribution in [-0.4, -0.2) is 28.6 Å². The number of hydrogen-bond donors (Lipinski definition) is 0. The van der Waals surface area contributed by atoms with Crippen LogP contribution in [-0.2, 0) is 0 Å². The van der Waals surface area contributed by atoms with Crippen LogP contribution < -0.4 is 0 Å². The zero-order chi connectivity index (χ0) is 7.56. The van der Waals surface area contributed by atoms with Gasteiger partial charge in [0.25, 0.3) is 0 Å². The van der Waals surface area contributed by atoms with Crippen molar-refractivity contribution in [2.24, 2.45) is 5.92 Å². The van der Waals surface area contributed by atoms with Crippen LogP contribution >= 0.6 is 24.0 Å². The van der Waals surface area contributed by atoms with E-state index in [0.717, 1.165) is 16.6 Å². The highest BCUT2D eigenvalue weighted by molar-refractivity contribution is 8.22. The van der Waals surface area contributed by atoms with E-state index in [2.05, 4.69) is 5.92 Å². The molecule has 1 aliphatic heterocycles. The van der Waals surface area contributed by atoms with E-state index in [0.29, 0.717) is 5.92 Å². The average molecular weight is 171 g/mol. The van der Waals surface area contributed by atoms with Crippen LogP contribution in [0, 0.1) is 18.3 Å². The highest BCUT2D eigenvalue weighted by Gasteiger charge is 2.18. The highest BCUT2D eigenvalue weighted by atomic mass is 32.2. The van der Waals surface area contributed by atoms with Gasteiger partial charge in [0.2, 0.25) is 0 Å². The summed E-state index contributed by atoms with van der Waals surface area (Å²) in [4.78, 5) is 2.04. The maximum absolute atomic E-state index is 5.28. The molecule has 0 aromatic carbocycles. The smallest absolute Gasteiger partial charge is 0.136 e. The van der Waals surface area contributed by atoms with Gasteiger partial charge in [-0.05, 0) is 0 Å². The van der Waals surface area contributed by atoms with Gasteiger partial charge in [0.15, 0.2) is 0 Å². The lowest BCUT2D eigenvalue weighted by Gasteiger charge is -2.27. The van der Waals surface area contributed by atoms with E-state index in [1.165, 1.54) is 0 Å². The third-order valence-corrected chi connectivity index (χ3v) is 3.24. The zero-order valence-electron chi connectivity index (χ0n) is 5.83. The summed E-state index contributed by atoms with van der Waals surface area (Å²) >= 11 is 6.72. The predicted molar refractivity (Wildman–Crippen MR) is 50.0 cm³/mol. The Labute approximate surface area is 71.2 Å². The lowest BCUT2D eigenvalue weighted by atomic mass is 10.2. The number of hydrogen-bond acceptors (Lipinski definition) is 2. The Morgan fingerprint density at radius 2 is 2.60 bits per heavy atom. The van der Waals surface area contributed by atoms with Crippen molar-refractivity contribution in [2.75, 3.05) is 19.3 Å². The molecule has 0 aliphatic carbocycles. The first-order chi connectivity index (χ1) is 4.74. The topological polar surface area (TPSA) is 3.24 Å². The summed E-state index contributed by atoms with van der Waals surface area (Å²) in [6.07, 6.45) is 5.28. The van der Waals surface area contributed by atoms with Crippen molar-refractivity contribution in [2.45, 2.75) is 0 Å². The molecule has 1 heterocycles. The van der Waals surface area contributed by atoms with Gasteiger partial charge in [-0.15, -0.1) is 12.3 Å². The van der Waals surface area contributed by atoms with Crippen molar-refractivity contribution in [3.05, 3.63) is 0 Å². The number of nitrogens with zero attached hydrogens (tertiary/aromatic N) is 1. The molecule has 0 spiro atoms. The van der Waals surface area contributed by atoms with Crippen molar-refractivity contribution in [3.63, 3.8) is 0 Å². The molecule has 0 bridgehead atoms. The van der Waals surface area contributed by atoms with Gasteiger partial charge in [0, 0.05) is 25.3 Å². The number of terminal acetylenes is 1. The molecular weight excluding hydrogens is 162 g/mol. The van der Waals surface area contributed by atoms with Gasteiger partial charge in [-0.1, -0.05) is 24.0 Å². The molecule has 10 heavy (non-hydrogen) atoms. The van der Waals surface area contributed by atoms with E-state index in [-0.39, 0.29) is 0 Å². The minimum atomic E-state index is 0.377. The first kappa shape index (κ1) is 7.90. The van der Waals surface area contributed by atoms with Gasteiger partial charge in [-0.2, -0.15) is 0 Å². The predicted octanol–water partition coefficient (Wildman–Crippen LogP) is 1.20. The van der Waals surface area contributed by atoms with Crippen LogP contribution in [0.15, 0.2) is 0 Å². The molecule has 54 valence electrons. The van der Waals surface area contributed by atoms with Crippen LogP contribution in [0.3, 0.4) is 0 Å². The molecule has 0 radical (unpaired) electrons. The Hall–Kier alpha value is -0.200. The largest absolute Gasteiger partial charge is 0.359 e. The quantitative estimate of drug-likeness (QED) is 0.398. The van der Waals surface area contributed by atoms with Crippen LogP contribution in [0.5, 0.6) is 0 Å². The minimum absolute atomic E-state index is 0.377. The monoisotopic (exact) mass is 171 g/mol. The lowest BCUT2D eigenvalue weighted by Crippen LogP contribution is -2.34. The molecule has 1 aliphatic rings. The first-order valence-electron chi connectivity index (χ1n) is 3.08. The summed E-state index contributed by atoms with van der Waals surface area (Å²) in [5, 5.41) is 0. The third kappa shape index (κ3) is 1.65. The van der Waals surface area contributed by atoms with Crippen LogP contribution in [0.2, 0.25) is 0 Å². The summed E-state index contributed by atoms with van der Waals surface area (Å²) in [6, 6.07) is 0. The molecule has 0 N–H and O–H groups in total. The van der Waals surface area contributed by atoms with Crippen molar-refractivity contribution in [1.82, 2.24) is 4.90 Å². The van der Waals surface area contributed by atoms with Gasteiger partial charge in [0.05, 0.1) is 0 Å². The van der Waals surface area contributed by atoms with Crippen molar-refractivity contribution >= 4 is 28.3 Å². The zero-order valence-corrected chi connectivity index (χ0v) is 7.47. The van der Waals surface area contributed by atoms with E-state index in [1.54, 1.807) is 11.8 Å². The van der Waals surface area contributed by atoms with E-state index in [9.17, 15) is 0 Å². The minimum Gasteiger partial charge on any atom is -0.359 e. The Balaban J connectivity index is 2.50. The number of rotatable bonds is 0. The normalized spacial score (nSPS) is 26.2. The molecule has 1 unspecified atom stereocenters. The summed E-state index contributed by atoms with van der Waals surface area (Å²) < 4.78 is 0.964. The summed E-state index contributed by atoms with van der Waals surface area (Å²) in [7, 11) is 1.98. The van der Waals surface area contributed by atoms with Gasteiger partial charge in [-0.25, -0.2) is 0 Å². The molecule has 1 saturated heterocycles. The standard InChI is InChI=1S/C7H9NS2/c1-3-6-4-8(2)7(9)10-5-6/h1,6H,4-5H2,2H3. The van der Waals surface area contributed by atoms with E-state index in [4.69, 9.17) is 18.6 Å². The fourth-order valence-corrected chi connectivity index (χ4v) is 1.96. The van der Waals surface area contributed by atoms with E-state index < -0.39 is 0 Å². The molecular formula is C7H9NS2. The van der Waals surface area contributed by atoms with Crippen LogP contribution in [0.25, 0.3) is 0 Å². The second-order valence-electron chi connectivity index (χ2n) is 2.32. The second kappa shape index (κ2) is 3.27. The fourth-order valence-electron chi connectivity index (χ4n) is 0.841. The van der Waals surface area contributed by atoms with Crippen molar-refractivity contribution in [3.8, 4) is 12.3 Å². The highest BCUT2D eigenvalue weighted by Crippen LogP contribution is 2.19. The molecule has 1 rings (SSSR count). The van der Waals surface area contributed by atoms with Crippen molar-refractivity contribution in [1.29, 1.82) is 0 Å². The van der Waals surface area contributed by atoms with E-state index >= 15 is 0 Å². The average Bonchev–Trinajstić information content (AvgIpc) is 1.95. The lowest BCUT2D eigenvalue weighted by molar-refractivity contribution is 0.466. The molecule has 1 nitrogen and oxygen atoms in total. The molecule has 3 heteroatoms. The molecule has 0 amide bonds. The summed E-state index contributed by atoms with van der Waals surface area (Å²) in [5.41, 5.74) is 0. The second-order valence-corrected chi connectivity index (χ2v) is 3.97. The molecule has 0 aromatic heterocycles. The van der Waals surface area contributed by atoms with Crippen LogP contribution in [0.4, 0.5) is 0 Å². The van der Waals surface area contributed by atoms with Crippen molar-refractivity contribution < 1.29 is 0 Å². The maximum Gasteiger partial charge on any atom is 0.136 e. The Morgan fingerprint density at radius 3 is 3.10 bits per heavy atom. The summed E-state index contributed by atoms with van der Waals surface area (Å²) in [6.45, 7) is 0.919. The first-order valence-corrected chi connectivity index (χ1v) is 4.47. The van der Waals surface area contributed by atoms with Gasteiger partial charge >= 0.3 is 0 Å². The van der Waals surface area contributed by atoms with Gasteiger partial charge in [-0.3, -0.25) is 0 Å². The van der Waals surface area contributed by atoms with Gasteiger partial charge < -0.3 is 4.90 Å². The maximum atomic E-state index is 5.28. The van der Waals surface area contributed by atoms with Gasteiger partial charge in [0.1, 0.15) is 4.32 Å². The van der Waals surface area contributed by atoms with E-state index in [1.807, 2.05) is 11.9 Å².